The Morgan fingerprint density at radius 2 is 1.96 bits per heavy atom. The summed E-state index contributed by atoms with van der Waals surface area (Å²) in [6.07, 6.45) is 3.73. The van der Waals surface area contributed by atoms with Gasteiger partial charge >= 0.3 is 0 Å². The summed E-state index contributed by atoms with van der Waals surface area (Å²) in [5.41, 5.74) is 4.51. The zero-order valence-corrected chi connectivity index (χ0v) is 13.3. The molecule has 0 aliphatic rings. The van der Waals surface area contributed by atoms with Crippen LogP contribution in [0.5, 0.6) is 0 Å². The Hall–Kier alpha value is -2.96. The highest BCUT2D eigenvalue weighted by atomic mass is 16.1. The standard InChI is InChI=1S/C16H18N6O/c1-11-12(2)22(10-17-11)15-6-4-13(5-7-15)18-16(23)8-14-9-21(3)20-19-14/h4-7,9-10H,8H2,1-3H3,(H,18,23). The molecule has 118 valence electrons. The molecule has 2 heterocycles. The van der Waals surface area contributed by atoms with Crippen LogP contribution < -0.4 is 5.32 Å². The largest absolute Gasteiger partial charge is 0.326 e. The average molecular weight is 310 g/mol. The molecule has 3 rings (SSSR count). The zero-order valence-electron chi connectivity index (χ0n) is 13.3. The Morgan fingerprint density at radius 1 is 1.22 bits per heavy atom. The topological polar surface area (TPSA) is 77.6 Å². The summed E-state index contributed by atoms with van der Waals surface area (Å²) in [5, 5.41) is 10.6. The second-order valence-corrected chi connectivity index (χ2v) is 5.44. The molecule has 0 atom stereocenters. The van der Waals surface area contributed by atoms with Crippen LogP contribution in [0.2, 0.25) is 0 Å². The number of hydrogen-bond donors (Lipinski definition) is 1. The van der Waals surface area contributed by atoms with Crippen LogP contribution in [0.15, 0.2) is 36.8 Å². The molecule has 0 unspecified atom stereocenters. The lowest BCUT2D eigenvalue weighted by molar-refractivity contribution is -0.115. The maximum absolute atomic E-state index is 12.0. The summed E-state index contributed by atoms with van der Waals surface area (Å²) in [7, 11) is 1.77. The van der Waals surface area contributed by atoms with Gasteiger partial charge in [-0.25, -0.2) is 4.98 Å². The molecule has 7 nitrogen and oxygen atoms in total. The Kier molecular flexibility index (Phi) is 3.92. The smallest absolute Gasteiger partial charge is 0.230 e. The SMILES string of the molecule is Cc1ncn(-c2ccc(NC(=O)Cc3cn(C)nn3)cc2)c1C. The van der Waals surface area contributed by atoms with E-state index in [9.17, 15) is 4.79 Å². The predicted octanol–water partition coefficient (Wildman–Crippen LogP) is 1.80. The molecule has 1 aromatic carbocycles. The Bertz CT molecular complexity index is 831. The molecule has 0 aliphatic carbocycles. The number of nitrogens with one attached hydrogen (secondary N) is 1. The molecule has 23 heavy (non-hydrogen) atoms. The van der Waals surface area contributed by atoms with Gasteiger partial charge in [0.2, 0.25) is 5.91 Å². The van der Waals surface area contributed by atoms with Crippen LogP contribution in [0.4, 0.5) is 5.69 Å². The normalized spacial score (nSPS) is 10.7. The minimum Gasteiger partial charge on any atom is -0.326 e. The van der Waals surface area contributed by atoms with Crippen molar-refractivity contribution in [3.8, 4) is 5.69 Å². The van der Waals surface area contributed by atoms with E-state index in [2.05, 4.69) is 20.6 Å². The van der Waals surface area contributed by atoms with Crippen LogP contribution in [0.1, 0.15) is 17.1 Å². The van der Waals surface area contributed by atoms with Gasteiger partial charge in [0.05, 0.1) is 24.1 Å². The number of anilines is 1. The van der Waals surface area contributed by atoms with Gasteiger partial charge in [0.15, 0.2) is 0 Å². The van der Waals surface area contributed by atoms with E-state index in [4.69, 9.17) is 0 Å². The van der Waals surface area contributed by atoms with Crippen LogP contribution in [0, 0.1) is 13.8 Å². The van der Waals surface area contributed by atoms with Gasteiger partial charge in [-0.2, -0.15) is 0 Å². The first-order valence-electron chi connectivity index (χ1n) is 7.29. The fourth-order valence-electron chi connectivity index (χ4n) is 2.31. The lowest BCUT2D eigenvalue weighted by Gasteiger charge is -2.08. The lowest BCUT2D eigenvalue weighted by Crippen LogP contribution is -2.14. The van der Waals surface area contributed by atoms with Crippen LogP contribution in [0.25, 0.3) is 5.69 Å². The van der Waals surface area contributed by atoms with Gasteiger partial charge < -0.3 is 9.88 Å². The third-order valence-corrected chi connectivity index (χ3v) is 3.67. The molecule has 0 radical (unpaired) electrons. The van der Waals surface area contributed by atoms with Gasteiger partial charge in [0.1, 0.15) is 0 Å². The number of imidazole rings is 1. The fraction of sp³-hybridized carbons (Fsp3) is 0.250. The number of hydrogen-bond acceptors (Lipinski definition) is 4. The third kappa shape index (κ3) is 3.28. The van der Waals surface area contributed by atoms with E-state index < -0.39 is 0 Å². The van der Waals surface area contributed by atoms with Gasteiger partial charge in [-0.15, -0.1) is 5.10 Å². The molecular weight excluding hydrogens is 292 g/mol. The van der Waals surface area contributed by atoms with E-state index >= 15 is 0 Å². The number of carbonyl (C=O) groups is 1. The Labute approximate surface area is 134 Å². The fourth-order valence-corrected chi connectivity index (χ4v) is 2.31. The molecule has 3 aromatic rings. The van der Waals surface area contributed by atoms with Gasteiger partial charge in [-0.05, 0) is 38.1 Å². The van der Waals surface area contributed by atoms with Crippen molar-refractivity contribution < 1.29 is 4.79 Å². The molecule has 1 amide bonds. The second-order valence-electron chi connectivity index (χ2n) is 5.44. The van der Waals surface area contributed by atoms with E-state index in [0.717, 1.165) is 22.8 Å². The van der Waals surface area contributed by atoms with Crippen molar-refractivity contribution in [1.29, 1.82) is 0 Å². The highest BCUT2D eigenvalue weighted by Gasteiger charge is 2.08. The van der Waals surface area contributed by atoms with Crippen LogP contribution >= 0.6 is 0 Å². The minimum atomic E-state index is -0.118. The number of benzene rings is 1. The summed E-state index contributed by atoms with van der Waals surface area (Å²) in [6, 6.07) is 7.65. The Morgan fingerprint density at radius 3 is 2.52 bits per heavy atom. The molecule has 0 aliphatic heterocycles. The lowest BCUT2D eigenvalue weighted by atomic mass is 10.2. The maximum Gasteiger partial charge on any atom is 0.230 e. The Balaban J connectivity index is 1.67. The van der Waals surface area contributed by atoms with E-state index in [0.29, 0.717) is 5.69 Å². The van der Waals surface area contributed by atoms with Gasteiger partial charge in [-0.1, -0.05) is 5.21 Å². The predicted molar refractivity (Wildman–Crippen MR) is 86.4 cm³/mol. The van der Waals surface area contributed by atoms with E-state index in [1.54, 1.807) is 24.3 Å². The van der Waals surface area contributed by atoms with Crippen LogP contribution in [0.3, 0.4) is 0 Å². The van der Waals surface area contributed by atoms with E-state index in [1.165, 1.54) is 0 Å². The zero-order chi connectivity index (χ0) is 16.4. The first kappa shape index (κ1) is 15.0. The second kappa shape index (κ2) is 6.04. The van der Waals surface area contributed by atoms with Crippen molar-refractivity contribution in [1.82, 2.24) is 24.5 Å². The van der Waals surface area contributed by atoms with Gasteiger partial charge in [0.25, 0.3) is 0 Å². The third-order valence-electron chi connectivity index (χ3n) is 3.67. The van der Waals surface area contributed by atoms with E-state index in [-0.39, 0.29) is 12.3 Å². The average Bonchev–Trinajstić information content (AvgIpc) is 3.07. The van der Waals surface area contributed by atoms with Crippen LogP contribution in [-0.2, 0) is 18.3 Å². The quantitative estimate of drug-likeness (QED) is 0.797. The highest BCUT2D eigenvalue weighted by Crippen LogP contribution is 2.16. The molecule has 2 aromatic heterocycles. The van der Waals surface area contributed by atoms with Crippen molar-refractivity contribution in [3.63, 3.8) is 0 Å². The molecule has 0 saturated carbocycles. The molecule has 1 N–H and O–H groups in total. The number of aryl methyl sites for hydroxylation is 2. The summed E-state index contributed by atoms with van der Waals surface area (Å²) >= 11 is 0. The molecule has 0 fully saturated rings. The van der Waals surface area contributed by atoms with Crippen molar-refractivity contribution in [2.24, 2.45) is 7.05 Å². The van der Waals surface area contributed by atoms with Crippen molar-refractivity contribution in [3.05, 3.63) is 53.9 Å². The van der Waals surface area contributed by atoms with Gasteiger partial charge in [0, 0.05) is 30.3 Å². The number of carbonyl (C=O) groups excluding carboxylic acids is 1. The van der Waals surface area contributed by atoms with Crippen LogP contribution in [-0.4, -0.2) is 30.5 Å². The maximum atomic E-state index is 12.0. The first-order valence-corrected chi connectivity index (χ1v) is 7.29. The first-order chi connectivity index (χ1) is 11.0. The molecule has 0 saturated heterocycles. The summed E-state index contributed by atoms with van der Waals surface area (Å²) < 4.78 is 3.59. The molecule has 7 heteroatoms. The number of rotatable bonds is 4. The number of amides is 1. The molecule has 0 bridgehead atoms. The summed E-state index contributed by atoms with van der Waals surface area (Å²) in [5.74, 6) is -0.118. The van der Waals surface area contributed by atoms with E-state index in [1.807, 2.05) is 42.7 Å². The number of nitrogens with zero attached hydrogens (tertiary/aromatic N) is 5. The summed E-state index contributed by atoms with van der Waals surface area (Å²) in [4.78, 5) is 16.3. The molecule has 0 spiro atoms. The molecular formula is C16H18N6O. The number of aromatic nitrogens is 5. The highest BCUT2D eigenvalue weighted by molar-refractivity contribution is 5.92. The monoisotopic (exact) mass is 310 g/mol. The van der Waals surface area contributed by atoms with Crippen molar-refractivity contribution in [2.75, 3.05) is 5.32 Å². The van der Waals surface area contributed by atoms with Gasteiger partial charge in [-0.3, -0.25) is 9.48 Å². The minimum absolute atomic E-state index is 0.118. The van der Waals surface area contributed by atoms with Crippen molar-refractivity contribution >= 4 is 11.6 Å². The van der Waals surface area contributed by atoms with Crippen molar-refractivity contribution in [2.45, 2.75) is 20.3 Å². The summed E-state index contributed by atoms with van der Waals surface area (Å²) in [6.45, 7) is 4.01.